The largest absolute Gasteiger partial charge is 0.255 e. The quantitative estimate of drug-likeness (QED) is 0.661. The van der Waals surface area contributed by atoms with E-state index in [2.05, 4.69) is 10.4 Å². The fourth-order valence-electron chi connectivity index (χ4n) is 1.63. The third kappa shape index (κ3) is 2.46. The lowest BCUT2D eigenvalue weighted by molar-refractivity contribution is 0.152. The third-order valence-corrected chi connectivity index (χ3v) is 2.66. The number of hydrazine groups is 1. The Morgan fingerprint density at radius 1 is 1.09 bits per heavy atom. The van der Waals surface area contributed by atoms with Gasteiger partial charge in [-0.1, -0.05) is 6.42 Å². The standard InChI is InChI=1S/C9H18N2/c1-2-6-11(7-3-1)10-8-9-4-5-9/h9-10H,1-8H2. The van der Waals surface area contributed by atoms with E-state index in [1.54, 1.807) is 0 Å². The second-order valence-electron chi connectivity index (χ2n) is 3.85. The zero-order chi connectivity index (χ0) is 7.52. The van der Waals surface area contributed by atoms with Gasteiger partial charge in [0.25, 0.3) is 0 Å². The molecule has 0 spiro atoms. The zero-order valence-corrected chi connectivity index (χ0v) is 7.18. The van der Waals surface area contributed by atoms with Crippen molar-refractivity contribution >= 4 is 0 Å². The molecule has 2 nitrogen and oxygen atoms in total. The van der Waals surface area contributed by atoms with E-state index in [4.69, 9.17) is 0 Å². The van der Waals surface area contributed by atoms with Crippen molar-refractivity contribution in [1.29, 1.82) is 0 Å². The van der Waals surface area contributed by atoms with Crippen molar-refractivity contribution in [3.05, 3.63) is 0 Å². The number of nitrogens with one attached hydrogen (secondary N) is 1. The minimum Gasteiger partial charge on any atom is -0.255 e. The zero-order valence-electron chi connectivity index (χ0n) is 7.18. The van der Waals surface area contributed by atoms with Gasteiger partial charge in [-0.25, -0.2) is 5.01 Å². The van der Waals surface area contributed by atoms with E-state index < -0.39 is 0 Å². The van der Waals surface area contributed by atoms with E-state index in [1.165, 1.54) is 51.7 Å². The molecule has 1 saturated heterocycles. The molecule has 0 aromatic carbocycles. The third-order valence-electron chi connectivity index (χ3n) is 2.66. The lowest BCUT2D eigenvalue weighted by Gasteiger charge is -2.27. The highest BCUT2D eigenvalue weighted by molar-refractivity contribution is 4.75. The number of hydrogen-bond acceptors (Lipinski definition) is 2. The highest BCUT2D eigenvalue weighted by atomic mass is 15.5. The summed E-state index contributed by atoms with van der Waals surface area (Å²) in [4.78, 5) is 0. The molecule has 0 amide bonds. The van der Waals surface area contributed by atoms with E-state index in [9.17, 15) is 0 Å². The summed E-state index contributed by atoms with van der Waals surface area (Å²) in [6.07, 6.45) is 7.12. The molecule has 2 fully saturated rings. The molecule has 2 heteroatoms. The summed E-state index contributed by atoms with van der Waals surface area (Å²) in [5.41, 5.74) is 3.52. The summed E-state index contributed by atoms with van der Waals surface area (Å²) in [6.45, 7) is 3.78. The molecular weight excluding hydrogens is 136 g/mol. The Hall–Kier alpha value is -0.0800. The van der Waals surface area contributed by atoms with Crippen LogP contribution in [0.25, 0.3) is 0 Å². The van der Waals surface area contributed by atoms with Gasteiger partial charge in [-0.05, 0) is 31.6 Å². The molecule has 1 aliphatic carbocycles. The van der Waals surface area contributed by atoms with E-state index in [0.717, 1.165) is 5.92 Å². The Morgan fingerprint density at radius 2 is 1.82 bits per heavy atom. The summed E-state index contributed by atoms with van der Waals surface area (Å²) in [6, 6.07) is 0. The van der Waals surface area contributed by atoms with Crippen molar-refractivity contribution in [3.8, 4) is 0 Å². The van der Waals surface area contributed by atoms with Gasteiger partial charge < -0.3 is 0 Å². The average Bonchev–Trinajstić information content (AvgIpc) is 2.86. The molecule has 11 heavy (non-hydrogen) atoms. The Bertz CT molecular complexity index is 115. The van der Waals surface area contributed by atoms with Crippen LogP contribution in [0.5, 0.6) is 0 Å². The smallest absolute Gasteiger partial charge is 0.0131 e. The van der Waals surface area contributed by atoms with Crippen molar-refractivity contribution in [2.45, 2.75) is 32.1 Å². The number of hydrogen-bond donors (Lipinski definition) is 1. The molecule has 0 aromatic rings. The van der Waals surface area contributed by atoms with Gasteiger partial charge in [0, 0.05) is 19.6 Å². The first-order chi connectivity index (χ1) is 5.45. The van der Waals surface area contributed by atoms with Gasteiger partial charge in [0.1, 0.15) is 0 Å². The van der Waals surface area contributed by atoms with Crippen LogP contribution in [0.15, 0.2) is 0 Å². The van der Waals surface area contributed by atoms with Crippen LogP contribution in [0.1, 0.15) is 32.1 Å². The topological polar surface area (TPSA) is 15.3 Å². The van der Waals surface area contributed by atoms with Gasteiger partial charge in [0.2, 0.25) is 0 Å². The summed E-state index contributed by atoms with van der Waals surface area (Å²) in [5.74, 6) is 1.01. The van der Waals surface area contributed by atoms with Crippen LogP contribution in [-0.4, -0.2) is 24.6 Å². The molecule has 2 aliphatic rings. The van der Waals surface area contributed by atoms with E-state index in [-0.39, 0.29) is 0 Å². The number of rotatable bonds is 3. The Balaban J connectivity index is 1.59. The maximum absolute atomic E-state index is 3.52. The van der Waals surface area contributed by atoms with Gasteiger partial charge in [-0.3, -0.25) is 5.43 Å². The first-order valence-corrected chi connectivity index (χ1v) is 4.93. The summed E-state index contributed by atoms with van der Waals surface area (Å²) < 4.78 is 0. The average molecular weight is 154 g/mol. The lowest BCUT2D eigenvalue weighted by Crippen LogP contribution is -2.42. The van der Waals surface area contributed by atoms with Gasteiger partial charge in [0.15, 0.2) is 0 Å². The monoisotopic (exact) mass is 154 g/mol. The fraction of sp³-hybridized carbons (Fsp3) is 1.00. The SMILES string of the molecule is C1CCN(NCC2CC2)CC1. The highest BCUT2D eigenvalue weighted by Crippen LogP contribution is 2.27. The molecule has 2 rings (SSSR count). The molecular formula is C9H18N2. The van der Waals surface area contributed by atoms with Crippen LogP contribution >= 0.6 is 0 Å². The first-order valence-electron chi connectivity index (χ1n) is 4.93. The van der Waals surface area contributed by atoms with Gasteiger partial charge in [-0.15, -0.1) is 0 Å². The van der Waals surface area contributed by atoms with E-state index in [0.29, 0.717) is 0 Å². The molecule has 1 heterocycles. The highest BCUT2D eigenvalue weighted by Gasteiger charge is 2.21. The molecule has 0 radical (unpaired) electrons. The Kier molecular flexibility index (Phi) is 2.44. The predicted molar refractivity (Wildman–Crippen MR) is 46.2 cm³/mol. The molecule has 0 aromatic heterocycles. The molecule has 64 valence electrons. The molecule has 1 N–H and O–H groups in total. The van der Waals surface area contributed by atoms with Gasteiger partial charge in [-0.2, -0.15) is 0 Å². The Labute approximate surface area is 68.9 Å². The molecule has 0 unspecified atom stereocenters. The van der Waals surface area contributed by atoms with Gasteiger partial charge >= 0.3 is 0 Å². The van der Waals surface area contributed by atoms with Crippen molar-refractivity contribution in [1.82, 2.24) is 10.4 Å². The van der Waals surface area contributed by atoms with E-state index in [1.807, 2.05) is 0 Å². The van der Waals surface area contributed by atoms with Crippen molar-refractivity contribution in [3.63, 3.8) is 0 Å². The maximum atomic E-state index is 3.52. The molecule has 1 aliphatic heterocycles. The van der Waals surface area contributed by atoms with Crippen molar-refractivity contribution in [2.75, 3.05) is 19.6 Å². The number of nitrogens with zero attached hydrogens (tertiary/aromatic N) is 1. The van der Waals surface area contributed by atoms with Crippen LogP contribution in [0.3, 0.4) is 0 Å². The minimum atomic E-state index is 1.01. The Morgan fingerprint density at radius 3 is 2.45 bits per heavy atom. The van der Waals surface area contributed by atoms with Crippen molar-refractivity contribution < 1.29 is 0 Å². The van der Waals surface area contributed by atoms with E-state index >= 15 is 0 Å². The number of piperidine rings is 1. The molecule has 1 saturated carbocycles. The lowest BCUT2D eigenvalue weighted by atomic mass is 10.2. The van der Waals surface area contributed by atoms with Crippen molar-refractivity contribution in [2.24, 2.45) is 5.92 Å². The predicted octanol–water partition coefficient (Wildman–Crippen LogP) is 1.39. The van der Waals surface area contributed by atoms with Crippen LogP contribution in [0.4, 0.5) is 0 Å². The second kappa shape index (κ2) is 3.55. The first kappa shape index (κ1) is 7.56. The van der Waals surface area contributed by atoms with Crippen LogP contribution in [0.2, 0.25) is 0 Å². The van der Waals surface area contributed by atoms with Crippen LogP contribution in [0, 0.1) is 5.92 Å². The second-order valence-corrected chi connectivity index (χ2v) is 3.85. The fourth-order valence-corrected chi connectivity index (χ4v) is 1.63. The summed E-state index contributed by atoms with van der Waals surface area (Å²) in [5, 5.41) is 2.40. The van der Waals surface area contributed by atoms with Crippen LogP contribution in [-0.2, 0) is 0 Å². The minimum absolute atomic E-state index is 1.01. The normalized spacial score (nSPS) is 27.3. The molecule has 0 atom stereocenters. The van der Waals surface area contributed by atoms with Gasteiger partial charge in [0.05, 0.1) is 0 Å². The molecule has 0 bridgehead atoms. The summed E-state index contributed by atoms with van der Waals surface area (Å²) >= 11 is 0. The van der Waals surface area contributed by atoms with Crippen LogP contribution < -0.4 is 5.43 Å². The summed E-state index contributed by atoms with van der Waals surface area (Å²) in [7, 11) is 0. The maximum Gasteiger partial charge on any atom is 0.0131 e.